The van der Waals surface area contributed by atoms with Gasteiger partial charge in [-0.05, 0) is 75.1 Å². The van der Waals surface area contributed by atoms with E-state index < -0.39 is 7.60 Å². The molecule has 2 aromatic rings. The Labute approximate surface area is 142 Å². The molecule has 0 radical (unpaired) electrons. The smallest absolute Gasteiger partial charge is 0.324 e. The molecule has 1 saturated carbocycles. The summed E-state index contributed by atoms with van der Waals surface area (Å²) < 4.78 is 11.0. The zero-order chi connectivity index (χ0) is 17.3. The van der Waals surface area contributed by atoms with Crippen LogP contribution in [0.4, 0.5) is 0 Å². The highest BCUT2D eigenvalue weighted by Crippen LogP contribution is 2.42. The number of fused-ring (bicyclic) bond motifs is 1. The van der Waals surface area contributed by atoms with E-state index in [-0.39, 0.29) is 6.16 Å². The molecule has 1 fully saturated rings. The van der Waals surface area contributed by atoms with Gasteiger partial charge in [0.2, 0.25) is 0 Å². The first-order valence-electron chi connectivity index (χ1n) is 8.60. The van der Waals surface area contributed by atoms with Crippen LogP contribution in [0.5, 0.6) is 0 Å². The van der Waals surface area contributed by atoms with E-state index in [0.29, 0.717) is 18.3 Å². The summed E-state index contributed by atoms with van der Waals surface area (Å²) in [6.45, 7) is 4.22. The van der Waals surface area contributed by atoms with Gasteiger partial charge < -0.3 is 9.79 Å². The summed E-state index contributed by atoms with van der Waals surface area (Å²) in [5, 5.41) is 1.15. The van der Waals surface area contributed by atoms with Crippen LogP contribution in [0.3, 0.4) is 0 Å². The predicted molar refractivity (Wildman–Crippen MR) is 95.2 cm³/mol. The van der Waals surface area contributed by atoms with Crippen molar-refractivity contribution in [3.63, 3.8) is 0 Å². The molecule has 3 rings (SSSR count). The molecule has 0 amide bonds. The molecule has 24 heavy (non-hydrogen) atoms. The second-order valence-electron chi connectivity index (χ2n) is 7.11. The molecule has 0 atom stereocenters. The molecule has 2 N–H and O–H groups in total. The van der Waals surface area contributed by atoms with Crippen LogP contribution in [0.2, 0.25) is 0 Å². The average molecular weight is 348 g/mol. The summed E-state index contributed by atoms with van der Waals surface area (Å²) >= 11 is 0. The monoisotopic (exact) mass is 348 g/mol. The quantitative estimate of drug-likeness (QED) is 0.813. The fraction of sp³-hybridized carbons (Fsp3) is 0.556. The Morgan fingerprint density at radius 1 is 1.08 bits per heavy atom. The number of rotatable bonds is 4. The summed E-state index contributed by atoms with van der Waals surface area (Å²) in [7, 11) is -3.87. The number of aryl methyl sites for hydroxylation is 2. The van der Waals surface area contributed by atoms with Crippen LogP contribution in [0, 0.1) is 19.8 Å². The fourth-order valence-corrected chi connectivity index (χ4v) is 4.44. The molecule has 1 aromatic carbocycles. The van der Waals surface area contributed by atoms with Gasteiger partial charge in [-0.25, -0.2) is 9.97 Å². The maximum absolute atomic E-state index is 11.0. The molecule has 1 heterocycles. The Kier molecular flexibility index (Phi) is 5.05. The zero-order valence-electron chi connectivity index (χ0n) is 14.3. The van der Waals surface area contributed by atoms with E-state index >= 15 is 0 Å². The van der Waals surface area contributed by atoms with Crippen molar-refractivity contribution < 1.29 is 14.4 Å². The molecule has 5 nitrogen and oxygen atoms in total. The first kappa shape index (κ1) is 17.5. The van der Waals surface area contributed by atoms with Gasteiger partial charge in [-0.3, -0.25) is 4.57 Å². The van der Waals surface area contributed by atoms with Crippen molar-refractivity contribution in [3.8, 4) is 0 Å². The normalized spacial score (nSPS) is 22.0. The summed E-state index contributed by atoms with van der Waals surface area (Å²) in [6.07, 6.45) is 6.39. The molecule has 1 aliphatic rings. The first-order chi connectivity index (χ1) is 11.3. The van der Waals surface area contributed by atoms with Gasteiger partial charge in [0.15, 0.2) is 0 Å². The molecule has 0 aliphatic heterocycles. The summed E-state index contributed by atoms with van der Waals surface area (Å²) in [5.41, 5.74) is 4.64. The van der Waals surface area contributed by atoms with Crippen molar-refractivity contribution in [1.29, 1.82) is 0 Å². The van der Waals surface area contributed by atoms with Gasteiger partial charge in [0, 0.05) is 11.3 Å². The molecule has 1 aliphatic carbocycles. The van der Waals surface area contributed by atoms with Crippen molar-refractivity contribution in [2.75, 3.05) is 6.16 Å². The van der Waals surface area contributed by atoms with E-state index in [4.69, 9.17) is 9.79 Å². The van der Waals surface area contributed by atoms with E-state index in [1.807, 2.05) is 0 Å². The maximum atomic E-state index is 11.0. The third-order valence-electron chi connectivity index (χ3n) is 5.34. The highest BCUT2D eigenvalue weighted by atomic mass is 31.2. The Morgan fingerprint density at radius 2 is 1.75 bits per heavy atom. The molecule has 0 spiro atoms. The molecular weight excluding hydrogens is 323 g/mol. The highest BCUT2D eigenvalue weighted by Gasteiger charge is 2.26. The minimum absolute atomic E-state index is 0.0112. The lowest BCUT2D eigenvalue weighted by Gasteiger charge is -2.28. The van der Waals surface area contributed by atoms with Gasteiger partial charge in [-0.2, -0.15) is 0 Å². The number of aromatic nitrogens is 2. The van der Waals surface area contributed by atoms with Crippen LogP contribution < -0.4 is 0 Å². The molecule has 0 bridgehead atoms. The molecule has 0 saturated heterocycles. The number of hydrogen-bond donors (Lipinski definition) is 2. The SMILES string of the molecule is Cc1cc2ncnc([C@H]3CC[C@@H](CCP(=O)(O)O)CC3)c2cc1C. The minimum Gasteiger partial charge on any atom is -0.324 e. The minimum atomic E-state index is -3.87. The number of nitrogens with zero attached hydrogens (tertiary/aromatic N) is 2. The topological polar surface area (TPSA) is 83.3 Å². The Hall–Kier alpha value is -1.29. The second-order valence-corrected chi connectivity index (χ2v) is 8.88. The van der Waals surface area contributed by atoms with Gasteiger partial charge in [0.05, 0.1) is 17.4 Å². The standard InChI is InChI=1S/C18H25N2O3P/c1-12-9-16-17(10-13(12)2)19-11-20-18(16)15-5-3-14(4-6-15)7-8-24(21,22)23/h9-11,14-15H,3-8H2,1-2H3,(H2,21,22,23)/t14-,15+. The van der Waals surface area contributed by atoms with Crippen LogP contribution in [-0.4, -0.2) is 25.9 Å². The largest absolute Gasteiger partial charge is 0.325 e. The zero-order valence-corrected chi connectivity index (χ0v) is 15.2. The van der Waals surface area contributed by atoms with E-state index in [2.05, 4.69) is 35.9 Å². The third kappa shape index (κ3) is 4.02. The van der Waals surface area contributed by atoms with E-state index in [0.717, 1.165) is 42.3 Å². The van der Waals surface area contributed by atoms with Crippen molar-refractivity contribution in [2.24, 2.45) is 5.92 Å². The van der Waals surface area contributed by atoms with E-state index in [9.17, 15) is 4.57 Å². The Morgan fingerprint density at radius 3 is 2.42 bits per heavy atom. The lowest BCUT2D eigenvalue weighted by Crippen LogP contribution is -2.16. The fourth-order valence-electron chi connectivity index (χ4n) is 3.74. The van der Waals surface area contributed by atoms with Gasteiger partial charge in [0.1, 0.15) is 6.33 Å². The third-order valence-corrected chi connectivity index (χ3v) is 6.18. The van der Waals surface area contributed by atoms with Crippen molar-refractivity contribution in [3.05, 3.63) is 35.3 Å². The van der Waals surface area contributed by atoms with Gasteiger partial charge >= 0.3 is 7.60 Å². The molecular formula is C18H25N2O3P. The Bertz CT molecular complexity index is 779. The van der Waals surface area contributed by atoms with Gasteiger partial charge in [-0.15, -0.1) is 0 Å². The molecule has 130 valence electrons. The molecule has 1 aromatic heterocycles. The van der Waals surface area contributed by atoms with Crippen LogP contribution in [0.25, 0.3) is 10.9 Å². The number of benzene rings is 1. The lowest BCUT2D eigenvalue weighted by molar-refractivity contribution is 0.307. The van der Waals surface area contributed by atoms with E-state index in [1.165, 1.54) is 11.1 Å². The summed E-state index contributed by atoms with van der Waals surface area (Å²) in [4.78, 5) is 27.1. The second kappa shape index (κ2) is 6.91. The summed E-state index contributed by atoms with van der Waals surface area (Å²) in [5.74, 6) is 0.842. The molecule has 6 heteroatoms. The first-order valence-corrected chi connectivity index (χ1v) is 10.4. The maximum Gasteiger partial charge on any atom is 0.325 e. The van der Waals surface area contributed by atoms with Crippen LogP contribution >= 0.6 is 7.60 Å². The lowest BCUT2D eigenvalue weighted by atomic mass is 9.78. The van der Waals surface area contributed by atoms with Gasteiger partial charge in [-0.1, -0.05) is 0 Å². The van der Waals surface area contributed by atoms with Gasteiger partial charge in [0.25, 0.3) is 0 Å². The number of hydrogen-bond acceptors (Lipinski definition) is 3. The van der Waals surface area contributed by atoms with Crippen LogP contribution in [0.1, 0.15) is 54.8 Å². The average Bonchev–Trinajstić information content (AvgIpc) is 2.53. The summed E-state index contributed by atoms with van der Waals surface area (Å²) in [6, 6.07) is 4.32. The van der Waals surface area contributed by atoms with E-state index in [1.54, 1.807) is 6.33 Å². The van der Waals surface area contributed by atoms with Crippen molar-refractivity contribution in [2.45, 2.75) is 51.9 Å². The van der Waals surface area contributed by atoms with Crippen LogP contribution in [-0.2, 0) is 4.57 Å². The Balaban J connectivity index is 1.74. The van der Waals surface area contributed by atoms with Crippen LogP contribution in [0.15, 0.2) is 18.5 Å². The van der Waals surface area contributed by atoms with Crippen molar-refractivity contribution >= 4 is 18.5 Å². The predicted octanol–water partition coefficient (Wildman–Crippen LogP) is 4.09. The molecule has 0 unspecified atom stereocenters. The highest BCUT2D eigenvalue weighted by molar-refractivity contribution is 7.51. The van der Waals surface area contributed by atoms with Crippen molar-refractivity contribution in [1.82, 2.24) is 9.97 Å².